The van der Waals surface area contributed by atoms with Gasteiger partial charge in [-0.15, -0.1) is 0 Å². The maximum atomic E-state index is 13.3. The molecular formula is C12H16ClFN2. The van der Waals surface area contributed by atoms with Crippen LogP contribution in [0.3, 0.4) is 0 Å². The van der Waals surface area contributed by atoms with Gasteiger partial charge in [0.05, 0.1) is 0 Å². The minimum atomic E-state index is -0.213. The fourth-order valence-electron chi connectivity index (χ4n) is 1.61. The van der Waals surface area contributed by atoms with Gasteiger partial charge in [-0.3, -0.25) is 0 Å². The standard InChI is InChI=1S/C12H16ClFN2/c1-8-4-10(13)9(5-11(8)14)6-16-7-12(15)2-3-12/h4-5,16H,2-3,6-7,15H2,1H3. The van der Waals surface area contributed by atoms with Crippen LogP contribution in [0.15, 0.2) is 12.1 Å². The van der Waals surface area contributed by atoms with Gasteiger partial charge >= 0.3 is 0 Å². The van der Waals surface area contributed by atoms with Gasteiger partial charge in [-0.25, -0.2) is 4.39 Å². The summed E-state index contributed by atoms with van der Waals surface area (Å²) in [5.74, 6) is -0.213. The molecule has 2 nitrogen and oxygen atoms in total. The summed E-state index contributed by atoms with van der Waals surface area (Å²) in [6, 6.07) is 3.14. The summed E-state index contributed by atoms with van der Waals surface area (Å²) in [6.07, 6.45) is 2.13. The molecule has 0 heterocycles. The van der Waals surface area contributed by atoms with Crippen LogP contribution in [0.1, 0.15) is 24.0 Å². The molecule has 1 fully saturated rings. The van der Waals surface area contributed by atoms with Gasteiger partial charge in [0.15, 0.2) is 0 Å². The Labute approximate surface area is 100.0 Å². The van der Waals surface area contributed by atoms with Gasteiger partial charge in [-0.05, 0) is 43.0 Å². The van der Waals surface area contributed by atoms with Crippen molar-refractivity contribution < 1.29 is 4.39 Å². The van der Waals surface area contributed by atoms with Gasteiger partial charge < -0.3 is 11.1 Å². The summed E-state index contributed by atoms with van der Waals surface area (Å²) < 4.78 is 13.3. The van der Waals surface area contributed by atoms with Gasteiger partial charge in [-0.2, -0.15) is 0 Å². The third-order valence-corrected chi connectivity index (χ3v) is 3.36. The number of benzene rings is 1. The first-order valence-electron chi connectivity index (χ1n) is 5.44. The highest BCUT2D eigenvalue weighted by molar-refractivity contribution is 6.31. The van der Waals surface area contributed by atoms with E-state index in [1.165, 1.54) is 6.07 Å². The summed E-state index contributed by atoms with van der Waals surface area (Å²) in [6.45, 7) is 3.03. The van der Waals surface area contributed by atoms with Crippen molar-refractivity contribution in [1.82, 2.24) is 5.32 Å². The van der Waals surface area contributed by atoms with E-state index >= 15 is 0 Å². The highest BCUT2D eigenvalue weighted by Gasteiger charge is 2.37. The van der Waals surface area contributed by atoms with Crippen LogP contribution in [0.5, 0.6) is 0 Å². The molecule has 3 N–H and O–H groups in total. The number of nitrogens with two attached hydrogens (primary N) is 1. The third kappa shape index (κ3) is 2.73. The van der Waals surface area contributed by atoms with Crippen molar-refractivity contribution in [3.8, 4) is 0 Å². The zero-order valence-corrected chi connectivity index (χ0v) is 10.1. The van der Waals surface area contributed by atoms with Gasteiger partial charge in [0, 0.05) is 23.7 Å². The number of hydrogen-bond donors (Lipinski definition) is 2. The van der Waals surface area contributed by atoms with Crippen LogP contribution < -0.4 is 11.1 Å². The van der Waals surface area contributed by atoms with Crippen molar-refractivity contribution in [3.63, 3.8) is 0 Å². The van der Waals surface area contributed by atoms with Gasteiger partial charge in [0.25, 0.3) is 0 Å². The Hall–Kier alpha value is -0.640. The molecule has 1 aromatic rings. The maximum Gasteiger partial charge on any atom is 0.126 e. The second-order valence-electron chi connectivity index (χ2n) is 4.66. The molecule has 0 atom stereocenters. The van der Waals surface area contributed by atoms with Crippen LogP contribution in [-0.4, -0.2) is 12.1 Å². The van der Waals surface area contributed by atoms with E-state index in [-0.39, 0.29) is 11.4 Å². The van der Waals surface area contributed by atoms with Crippen LogP contribution in [-0.2, 0) is 6.54 Å². The zero-order chi connectivity index (χ0) is 11.8. The lowest BCUT2D eigenvalue weighted by Crippen LogP contribution is -2.35. The summed E-state index contributed by atoms with van der Waals surface area (Å²) in [5.41, 5.74) is 7.26. The van der Waals surface area contributed by atoms with Crippen molar-refractivity contribution in [2.75, 3.05) is 6.54 Å². The first kappa shape index (κ1) is 11.8. The molecule has 0 amide bonds. The van der Waals surface area contributed by atoms with E-state index in [1.54, 1.807) is 13.0 Å². The summed E-state index contributed by atoms with van der Waals surface area (Å²) >= 11 is 6.03. The lowest BCUT2D eigenvalue weighted by Gasteiger charge is -2.11. The normalized spacial score (nSPS) is 17.5. The first-order valence-corrected chi connectivity index (χ1v) is 5.82. The highest BCUT2D eigenvalue weighted by atomic mass is 35.5. The van der Waals surface area contributed by atoms with Gasteiger partial charge in [-0.1, -0.05) is 11.6 Å². The van der Waals surface area contributed by atoms with Crippen LogP contribution >= 0.6 is 11.6 Å². The summed E-state index contributed by atoms with van der Waals surface area (Å²) in [4.78, 5) is 0. The van der Waals surface area contributed by atoms with E-state index in [2.05, 4.69) is 5.32 Å². The molecule has 1 aromatic carbocycles. The smallest absolute Gasteiger partial charge is 0.126 e. The van der Waals surface area contributed by atoms with E-state index in [9.17, 15) is 4.39 Å². The second kappa shape index (κ2) is 4.32. The lowest BCUT2D eigenvalue weighted by atomic mass is 10.1. The molecule has 88 valence electrons. The van der Waals surface area contributed by atoms with Crippen molar-refractivity contribution >= 4 is 11.6 Å². The van der Waals surface area contributed by atoms with Crippen molar-refractivity contribution in [1.29, 1.82) is 0 Å². The summed E-state index contributed by atoms with van der Waals surface area (Å²) in [7, 11) is 0. The Morgan fingerprint density at radius 1 is 1.50 bits per heavy atom. The molecule has 16 heavy (non-hydrogen) atoms. The molecule has 0 saturated heterocycles. The molecular weight excluding hydrogens is 227 g/mol. The molecule has 0 unspecified atom stereocenters. The predicted molar refractivity (Wildman–Crippen MR) is 64.0 cm³/mol. The Morgan fingerprint density at radius 2 is 2.19 bits per heavy atom. The molecule has 0 spiro atoms. The van der Waals surface area contributed by atoms with Crippen molar-refractivity contribution in [3.05, 3.63) is 34.1 Å². The number of halogens is 2. The molecule has 0 bridgehead atoms. The molecule has 1 saturated carbocycles. The van der Waals surface area contributed by atoms with Gasteiger partial charge in [0.2, 0.25) is 0 Å². The van der Waals surface area contributed by atoms with Crippen molar-refractivity contribution in [2.24, 2.45) is 5.73 Å². The number of aryl methyl sites for hydroxylation is 1. The molecule has 2 rings (SSSR count). The van der Waals surface area contributed by atoms with E-state index in [0.717, 1.165) is 24.9 Å². The Morgan fingerprint density at radius 3 is 2.81 bits per heavy atom. The molecule has 0 aromatic heterocycles. The zero-order valence-electron chi connectivity index (χ0n) is 9.32. The molecule has 0 aliphatic heterocycles. The molecule has 4 heteroatoms. The van der Waals surface area contributed by atoms with Gasteiger partial charge in [0.1, 0.15) is 5.82 Å². The van der Waals surface area contributed by atoms with Crippen molar-refractivity contribution in [2.45, 2.75) is 31.8 Å². The van der Waals surface area contributed by atoms with Crippen LogP contribution in [0, 0.1) is 12.7 Å². The predicted octanol–water partition coefficient (Wildman–Crippen LogP) is 2.37. The largest absolute Gasteiger partial charge is 0.324 e. The maximum absolute atomic E-state index is 13.3. The Kier molecular flexibility index (Phi) is 3.19. The number of rotatable bonds is 4. The summed E-state index contributed by atoms with van der Waals surface area (Å²) in [5, 5.41) is 3.82. The number of nitrogens with one attached hydrogen (secondary N) is 1. The molecule has 0 radical (unpaired) electrons. The average Bonchev–Trinajstić information content (AvgIpc) is 2.93. The average molecular weight is 243 g/mol. The topological polar surface area (TPSA) is 38.0 Å². The fourth-order valence-corrected chi connectivity index (χ4v) is 1.89. The minimum Gasteiger partial charge on any atom is -0.324 e. The highest BCUT2D eigenvalue weighted by Crippen LogP contribution is 2.31. The Balaban J connectivity index is 1.95. The van der Waals surface area contributed by atoms with E-state index in [4.69, 9.17) is 17.3 Å². The van der Waals surface area contributed by atoms with Crippen LogP contribution in [0.2, 0.25) is 5.02 Å². The monoisotopic (exact) mass is 242 g/mol. The van der Waals surface area contributed by atoms with E-state index < -0.39 is 0 Å². The quantitative estimate of drug-likeness (QED) is 0.851. The Bertz CT molecular complexity index is 402. The van der Waals surface area contributed by atoms with Crippen LogP contribution in [0.25, 0.3) is 0 Å². The molecule has 1 aliphatic carbocycles. The molecule has 1 aliphatic rings. The second-order valence-corrected chi connectivity index (χ2v) is 5.07. The van der Waals surface area contributed by atoms with E-state index in [0.29, 0.717) is 17.1 Å². The third-order valence-electron chi connectivity index (χ3n) is 3.01. The first-order chi connectivity index (χ1) is 7.50. The van der Waals surface area contributed by atoms with E-state index in [1.807, 2.05) is 0 Å². The minimum absolute atomic E-state index is 0.0320. The fraction of sp³-hybridized carbons (Fsp3) is 0.500. The SMILES string of the molecule is Cc1cc(Cl)c(CNCC2(N)CC2)cc1F. The number of hydrogen-bond acceptors (Lipinski definition) is 2. The van der Waals surface area contributed by atoms with Crippen LogP contribution in [0.4, 0.5) is 4.39 Å². The lowest BCUT2D eigenvalue weighted by molar-refractivity contribution is 0.565.